The molecule has 0 bridgehead atoms. The Balaban J connectivity index is 1.94. The molecule has 2 atom stereocenters. The Morgan fingerprint density at radius 1 is 1.37 bits per heavy atom. The van der Waals surface area contributed by atoms with E-state index in [1.807, 2.05) is 12.1 Å². The Bertz CT molecular complexity index is 417. The van der Waals surface area contributed by atoms with E-state index in [2.05, 4.69) is 29.7 Å². The summed E-state index contributed by atoms with van der Waals surface area (Å²) in [5.41, 5.74) is 1.21. The predicted molar refractivity (Wildman–Crippen MR) is 75.2 cm³/mol. The minimum absolute atomic E-state index is 0.150. The van der Waals surface area contributed by atoms with E-state index in [0.29, 0.717) is 6.42 Å². The maximum atomic E-state index is 11.5. The molecular formula is C15H22N2O2. The van der Waals surface area contributed by atoms with E-state index in [1.54, 1.807) is 7.11 Å². The van der Waals surface area contributed by atoms with Crippen LogP contribution in [0.5, 0.6) is 5.75 Å². The molecule has 1 heterocycles. The molecule has 1 saturated heterocycles. The first-order valence-corrected chi connectivity index (χ1v) is 6.85. The van der Waals surface area contributed by atoms with Crippen molar-refractivity contribution in [2.75, 3.05) is 13.7 Å². The second-order valence-electron chi connectivity index (χ2n) is 5.05. The largest absolute Gasteiger partial charge is 0.497 e. The molecule has 0 aromatic heterocycles. The number of carbonyl (C=O) groups is 1. The minimum atomic E-state index is 0.150. The summed E-state index contributed by atoms with van der Waals surface area (Å²) in [4.78, 5) is 11.5. The van der Waals surface area contributed by atoms with Crippen LogP contribution < -0.4 is 15.4 Å². The van der Waals surface area contributed by atoms with Gasteiger partial charge in [-0.2, -0.15) is 0 Å². The second kappa shape index (κ2) is 6.57. The Labute approximate surface area is 114 Å². The number of hydrogen-bond acceptors (Lipinski definition) is 3. The van der Waals surface area contributed by atoms with Crippen molar-refractivity contribution < 1.29 is 9.53 Å². The zero-order chi connectivity index (χ0) is 13.7. The molecule has 104 valence electrons. The molecule has 2 N–H and O–H groups in total. The lowest BCUT2D eigenvalue weighted by Crippen LogP contribution is -2.34. The number of methoxy groups -OCH3 is 1. The lowest BCUT2D eigenvalue weighted by Gasteiger charge is -2.21. The third-order valence-electron chi connectivity index (χ3n) is 3.58. The number of nitrogens with one attached hydrogen (secondary N) is 2. The van der Waals surface area contributed by atoms with Crippen molar-refractivity contribution in [2.45, 2.75) is 38.3 Å². The van der Waals surface area contributed by atoms with Gasteiger partial charge in [0.25, 0.3) is 0 Å². The van der Waals surface area contributed by atoms with Gasteiger partial charge in [-0.1, -0.05) is 12.1 Å². The standard InChI is InChI=1S/C15H22N2O2/c1-11(12-5-7-14(19-2)8-6-12)17-13-4-3-9-16-15(18)10-13/h5-8,11,13,17H,3-4,9-10H2,1-2H3,(H,16,18). The molecule has 1 aliphatic rings. The number of rotatable bonds is 4. The fourth-order valence-electron chi connectivity index (χ4n) is 2.46. The first-order chi connectivity index (χ1) is 9.19. The van der Waals surface area contributed by atoms with Crippen LogP contribution in [0, 0.1) is 0 Å². The molecule has 1 amide bonds. The number of hydrogen-bond donors (Lipinski definition) is 2. The van der Waals surface area contributed by atoms with Gasteiger partial charge < -0.3 is 15.4 Å². The van der Waals surface area contributed by atoms with Crippen molar-refractivity contribution in [2.24, 2.45) is 0 Å². The van der Waals surface area contributed by atoms with Crippen molar-refractivity contribution in [3.63, 3.8) is 0 Å². The van der Waals surface area contributed by atoms with Gasteiger partial charge >= 0.3 is 0 Å². The number of benzene rings is 1. The van der Waals surface area contributed by atoms with Crippen molar-refractivity contribution in [1.82, 2.24) is 10.6 Å². The number of carbonyl (C=O) groups excluding carboxylic acids is 1. The second-order valence-corrected chi connectivity index (χ2v) is 5.05. The molecule has 1 aromatic rings. The van der Waals surface area contributed by atoms with Gasteiger partial charge in [0, 0.05) is 25.0 Å². The van der Waals surface area contributed by atoms with Crippen molar-refractivity contribution >= 4 is 5.91 Å². The van der Waals surface area contributed by atoms with Gasteiger partial charge in [-0.05, 0) is 37.5 Å². The summed E-state index contributed by atoms with van der Waals surface area (Å²) >= 11 is 0. The minimum Gasteiger partial charge on any atom is -0.497 e. The van der Waals surface area contributed by atoms with E-state index in [4.69, 9.17) is 4.74 Å². The molecule has 1 fully saturated rings. The Morgan fingerprint density at radius 2 is 2.11 bits per heavy atom. The monoisotopic (exact) mass is 262 g/mol. The molecule has 2 rings (SSSR count). The Kier molecular flexibility index (Phi) is 4.80. The van der Waals surface area contributed by atoms with Crippen LogP contribution in [-0.4, -0.2) is 25.6 Å². The topological polar surface area (TPSA) is 50.4 Å². The van der Waals surface area contributed by atoms with Gasteiger partial charge in [-0.3, -0.25) is 4.79 Å². The van der Waals surface area contributed by atoms with E-state index in [0.717, 1.165) is 25.1 Å². The SMILES string of the molecule is COc1ccc(C(C)NC2CCCNC(=O)C2)cc1. The van der Waals surface area contributed by atoms with Crippen LogP contribution >= 0.6 is 0 Å². The van der Waals surface area contributed by atoms with Gasteiger partial charge in [-0.15, -0.1) is 0 Å². The van der Waals surface area contributed by atoms with Crippen LogP contribution in [0.4, 0.5) is 0 Å². The average molecular weight is 262 g/mol. The zero-order valence-corrected chi connectivity index (χ0v) is 11.6. The first kappa shape index (κ1) is 13.9. The first-order valence-electron chi connectivity index (χ1n) is 6.85. The number of amides is 1. The molecule has 1 aliphatic heterocycles. The van der Waals surface area contributed by atoms with Gasteiger partial charge in [0.2, 0.25) is 5.91 Å². The summed E-state index contributed by atoms with van der Waals surface area (Å²) < 4.78 is 5.16. The lowest BCUT2D eigenvalue weighted by molar-refractivity contribution is -0.121. The lowest BCUT2D eigenvalue weighted by atomic mass is 10.0. The molecule has 0 saturated carbocycles. The third kappa shape index (κ3) is 3.96. The molecule has 0 spiro atoms. The molecule has 4 heteroatoms. The highest BCUT2D eigenvalue weighted by atomic mass is 16.5. The van der Waals surface area contributed by atoms with Crippen LogP contribution in [0.25, 0.3) is 0 Å². The summed E-state index contributed by atoms with van der Waals surface area (Å²) in [5, 5.41) is 6.45. The summed E-state index contributed by atoms with van der Waals surface area (Å²) in [6.45, 7) is 2.93. The molecule has 0 radical (unpaired) electrons. The normalized spacial score (nSPS) is 21.4. The van der Waals surface area contributed by atoms with E-state index < -0.39 is 0 Å². The van der Waals surface area contributed by atoms with Gasteiger partial charge in [0.1, 0.15) is 5.75 Å². The van der Waals surface area contributed by atoms with E-state index in [-0.39, 0.29) is 18.0 Å². The predicted octanol–water partition coefficient (Wildman–Crippen LogP) is 2.01. The fraction of sp³-hybridized carbons (Fsp3) is 0.533. The smallest absolute Gasteiger partial charge is 0.221 e. The average Bonchev–Trinajstić information content (AvgIpc) is 2.63. The van der Waals surface area contributed by atoms with Crippen LogP contribution in [0.2, 0.25) is 0 Å². The van der Waals surface area contributed by atoms with E-state index >= 15 is 0 Å². The fourth-order valence-corrected chi connectivity index (χ4v) is 2.46. The van der Waals surface area contributed by atoms with E-state index in [1.165, 1.54) is 5.56 Å². The van der Waals surface area contributed by atoms with Crippen molar-refractivity contribution in [3.8, 4) is 5.75 Å². The van der Waals surface area contributed by atoms with E-state index in [9.17, 15) is 4.79 Å². The van der Waals surface area contributed by atoms with Crippen LogP contribution in [0.1, 0.15) is 37.8 Å². The summed E-state index contributed by atoms with van der Waals surface area (Å²) in [7, 11) is 1.67. The summed E-state index contributed by atoms with van der Waals surface area (Å²) in [6, 6.07) is 8.56. The summed E-state index contributed by atoms with van der Waals surface area (Å²) in [6.07, 6.45) is 2.65. The molecule has 1 aromatic carbocycles. The Hall–Kier alpha value is -1.55. The molecule has 19 heavy (non-hydrogen) atoms. The van der Waals surface area contributed by atoms with Crippen LogP contribution in [0.15, 0.2) is 24.3 Å². The quantitative estimate of drug-likeness (QED) is 0.872. The van der Waals surface area contributed by atoms with Crippen LogP contribution in [0.3, 0.4) is 0 Å². The maximum Gasteiger partial charge on any atom is 0.221 e. The van der Waals surface area contributed by atoms with Gasteiger partial charge in [-0.25, -0.2) is 0 Å². The molecule has 0 aliphatic carbocycles. The highest BCUT2D eigenvalue weighted by Gasteiger charge is 2.19. The zero-order valence-electron chi connectivity index (χ0n) is 11.6. The van der Waals surface area contributed by atoms with Gasteiger partial charge in [0.15, 0.2) is 0 Å². The molecule has 2 unspecified atom stereocenters. The molecular weight excluding hydrogens is 240 g/mol. The number of ether oxygens (including phenoxy) is 1. The van der Waals surface area contributed by atoms with Crippen LogP contribution in [-0.2, 0) is 4.79 Å². The van der Waals surface area contributed by atoms with Gasteiger partial charge in [0.05, 0.1) is 7.11 Å². The maximum absolute atomic E-state index is 11.5. The third-order valence-corrected chi connectivity index (χ3v) is 3.58. The highest BCUT2D eigenvalue weighted by Crippen LogP contribution is 2.19. The molecule has 4 nitrogen and oxygen atoms in total. The highest BCUT2D eigenvalue weighted by molar-refractivity contribution is 5.76. The van der Waals surface area contributed by atoms with Crippen molar-refractivity contribution in [3.05, 3.63) is 29.8 Å². The van der Waals surface area contributed by atoms with Crippen molar-refractivity contribution in [1.29, 1.82) is 0 Å². The Morgan fingerprint density at radius 3 is 2.79 bits per heavy atom. The summed E-state index contributed by atoms with van der Waals surface area (Å²) in [5.74, 6) is 1.02.